The second-order valence-corrected chi connectivity index (χ2v) is 7.56. The highest BCUT2D eigenvalue weighted by molar-refractivity contribution is 8.00. The summed E-state index contributed by atoms with van der Waals surface area (Å²) in [5.41, 5.74) is -0.154. The molecular formula is C13H25NOS. The smallest absolute Gasteiger partial charge is 0.127 e. The first-order valence-electron chi connectivity index (χ1n) is 6.23. The maximum absolute atomic E-state index is 11.1. The predicted molar refractivity (Wildman–Crippen MR) is 72.1 cm³/mol. The van der Waals surface area contributed by atoms with Gasteiger partial charge in [0, 0.05) is 29.0 Å². The van der Waals surface area contributed by atoms with E-state index in [2.05, 4.69) is 44.4 Å². The van der Waals surface area contributed by atoms with Gasteiger partial charge in [-0.2, -0.15) is 11.8 Å². The summed E-state index contributed by atoms with van der Waals surface area (Å²) in [4.78, 5) is 13.6. The van der Waals surface area contributed by atoms with Crippen LogP contribution in [-0.2, 0) is 4.79 Å². The van der Waals surface area contributed by atoms with E-state index in [9.17, 15) is 4.79 Å². The van der Waals surface area contributed by atoms with Gasteiger partial charge >= 0.3 is 0 Å². The zero-order valence-electron chi connectivity index (χ0n) is 11.1. The number of thioether (sulfide) groups is 1. The van der Waals surface area contributed by atoms with Crippen molar-refractivity contribution in [2.24, 2.45) is 5.41 Å². The molecule has 0 saturated carbocycles. The van der Waals surface area contributed by atoms with Gasteiger partial charge in [-0.1, -0.05) is 27.7 Å². The Morgan fingerprint density at radius 1 is 1.44 bits per heavy atom. The minimum Gasteiger partial charge on any atom is -0.303 e. The molecule has 1 rings (SSSR count). The van der Waals surface area contributed by atoms with Crippen LogP contribution in [0.15, 0.2) is 0 Å². The van der Waals surface area contributed by atoms with E-state index in [1.54, 1.807) is 0 Å². The van der Waals surface area contributed by atoms with Crippen LogP contribution < -0.4 is 0 Å². The number of hydrogen-bond acceptors (Lipinski definition) is 3. The Bertz CT molecular complexity index is 242. The van der Waals surface area contributed by atoms with Gasteiger partial charge < -0.3 is 9.69 Å². The average Bonchev–Trinajstić information content (AvgIpc) is 2.40. The summed E-state index contributed by atoms with van der Waals surface area (Å²) in [6, 6.07) is 0. The van der Waals surface area contributed by atoms with Crippen molar-refractivity contribution in [3.63, 3.8) is 0 Å². The highest BCUT2D eigenvalue weighted by atomic mass is 32.2. The number of hydrogen-bond donors (Lipinski definition) is 0. The molecule has 0 radical (unpaired) electrons. The molecule has 0 aliphatic carbocycles. The Kier molecular flexibility index (Phi) is 4.87. The van der Waals surface area contributed by atoms with Crippen molar-refractivity contribution in [1.29, 1.82) is 0 Å². The van der Waals surface area contributed by atoms with Gasteiger partial charge in [-0.25, -0.2) is 0 Å². The fourth-order valence-electron chi connectivity index (χ4n) is 1.96. The SMILES string of the molecule is CCC(C)(C=O)CN1CCSC(C)(C)CC1. The summed E-state index contributed by atoms with van der Waals surface area (Å²) in [7, 11) is 0. The van der Waals surface area contributed by atoms with Gasteiger partial charge in [-0.05, 0) is 19.4 Å². The van der Waals surface area contributed by atoms with Crippen molar-refractivity contribution in [2.45, 2.75) is 45.3 Å². The monoisotopic (exact) mass is 243 g/mol. The second kappa shape index (κ2) is 5.54. The highest BCUT2D eigenvalue weighted by Gasteiger charge is 2.28. The number of nitrogens with zero attached hydrogens (tertiary/aromatic N) is 1. The first-order chi connectivity index (χ1) is 7.41. The summed E-state index contributed by atoms with van der Waals surface area (Å²) in [6.45, 7) is 12.0. The molecule has 94 valence electrons. The molecule has 1 saturated heterocycles. The van der Waals surface area contributed by atoms with Gasteiger partial charge in [0.2, 0.25) is 0 Å². The molecule has 1 unspecified atom stereocenters. The van der Waals surface area contributed by atoms with Crippen molar-refractivity contribution in [2.75, 3.05) is 25.4 Å². The molecule has 1 atom stereocenters. The van der Waals surface area contributed by atoms with Crippen LogP contribution in [0.4, 0.5) is 0 Å². The lowest BCUT2D eigenvalue weighted by atomic mass is 9.88. The van der Waals surface area contributed by atoms with Gasteiger partial charge in [0.15, 0.2) is 0 Å². The molecule has 0 amide bonds. The van der Waals surface area contributed by atoms with Crippen molar-refractivity contribution < 1.29 is 4.79 Å². The molecule has 0 aromatic rings. The Balaban J connectivity index is 2.52. The van der Waals surface area contributed by atoms with Crippen molar-refractivity contribution in [3.05, 3.63) is 0 Å². The molecular weight excluding hydrogens is 218 g/mol. The van der Waals surface area contributed by atoms with Crippen LogP contribution in [-0.4, -0.2) is 41.3 Å². The summed E-state index contributed by atoms with van der Waals surface area (Å²) >= 11 is 2.06. The largest absolute Gasteiger partial charge is 0.303 e. The number of carbonyl (C=O) groups excluding carboxylic acids is 1. The third-order valence-electron chi connectivity index (χ3n) is 3.61. The Labute approximate surface area is 104 Å². The molecule has 0 spiro atoms. The quantitative estimate of drug-likeness (QED) is 0.708. The highest BCUT2D eigenvalue weighted by Crippen LogP contribution is 2.31. The summed E-state index contributed by atoms with van der Waals surface area (Å²) in [5.74, 6) is 1.19. The minimum atomic E-state index is -0.154. The molecule has 0 bridgehead atoms. The topological polar surface area (TPSA) is 20.3 Å². The third-order valence-corrected chi connectivity index (χ3v) is 4.98. The maximum atomic E-state index is 11.1. The third kappa shape index (κ3) is 4.10. The van der Waals surface area contributed by atoms with Gasteiger partial charge in [0.25, 0.3) is 0 Å². The zero-order chi connectivity index (χ0) is 12.2. The Hall–Kier alpha value is -0.0200. The summed E-state index contributed by atoms with van der Waals surface area (Å²) in [5, 5.41) is 0. The van der Waals surface area contributed by atoms with Gasteiger partial charge in [0.1, 0.15) is 6.29 Å². The summed E-state index contributed by atoms with van der Waals surface area (Å²) in [6.07, 6.45) is 3.29. The van der Waals surface area contributed by atoms with Crippen LogP contribution in [0.5, 0.6) is 0 Å². The molecule has 3 heteroatoms. The van der Waals surface area contributed by atoms with E-state index < -0.39 is 0 Å². The number of carbonyl (C=O) groups is 1. The van der Waals surface area contributed by atoms with Crippen molar-refractivity contribution in [1.82, 2.24) is 4.90 Å². The van der Waals surface area contributed by atoms with Gasteiger partial charge in [-0.15, -0.1) is 0 Å². The van der Waals surface area contributed by atoms with Crippen LogP contribution in [0.25, 0.3) is 0 Å². The van der Waals surface area contributed by atoms with Crippen molar-refractivity contribution >= 4 is 18.0 Å². The number of aldehydes is 1. The van der Waals surface area contributed by atoms with Crippen LogP contribution >= 0.6 is 11.8 Å². The minimum absolute atomic E-state index is 0.154. The van der Waals surface area contributed by atoms with Crippen LogP contribution in [0.1, 0.15) is 40.5 Å². The normalized spacial score (nSPS) is 25.8. The van der Waals surface area contributed by atoms with E-state index in [1.165, 1.54) is 12.2 Å². The molecule has 1 aliphatic heterocycles. The maximum Gasteiger partial charge on any atom is 0.127 e. The Morgan fingerprint density at radius 2 is 2.12 bits per heavy atom. The standard InChI is InChI=1S/C13H25NOS/c1-5-13(4,11-15)10-14-7-6-12(2,3)16-9-8-14/h11H,5-10H2,1-4H3. The fraction of sp³-hybridized carbons (Fsp3) is 0.923. The molecule has 0 N–H and O–H groups in total. The first-order valence-corrected chi connectivity index (χ1v) is 7.22. The lowest BCUT2D eigenvalue weighted by molar-refractivity contribution is -0.116. The fourth-order valence-corrected chi connectivity index (χ4v) is 3.10. The average molecular weight is 243 g/mol. The van der Waals surface area contributed by atoms with Gasteiger partial charge in [-0.3, -0.25) is 0 Å². The molecule has 0 aromatic carbocycles. The molecule has 2 nitrogen and oxygen atoms in total. The van der Waals surface area contributed by atoms with E-state index in [1.807, 2.05) is 0 Å². The molecule has 1 aliphatic rings. The molecule has 0 aromatic heterocycles. The van der Waals surface area contributed by atoms with E-state index in [4.69, 9.17) is 0 Å². The lowest BCUT2D eigenvalue weighted by Gasteiger charge is -2.30. The lowest BCUT2D eigenvalue weighted by Crippen LogP contribution is -2.38. The summed E-state index contributed by atoms with van der Waals surface area (Å²) < 4.78 is 0.401. The van der Waals surface area contributed by atoms with Crippen LogP contribution in [0.3, 0.4) is 0 Å². The first kappa shape index (κ1) is 14.0. The molecule has 1 heterocycles. The zero-order valence-corrected chi connectivity index (χ0v) is 11.9. The van der Waals surface area contributed by atoms with E-state index in [-0.39, 0.29) is 5.41 Å². The van der Waals surface area contributed by atoms with Crippen LogP contribution in [0.2, 0.25) is 0 Å². The van der Waals surface area contributed by atoms with E-state index in [0.717, 1.165) is 32.3 Å². The van der Waals surface area contributed by atoms with E-state index >= 15 is 0 Å². The molecule has 16 heavy (non-hydrogen) atoms. The van der Waals surface area contributed by atoms with Crippen LogP contribution in [0, 0.1) is 5.41 Å². The second-order valence-electron chi connectivity index (χ2n) is 5.76. The Morgan fingerprint density at radius 3 is 2.69 bits per heavy atom. The van der Waals surface area contributed by atoms with Crippen molar-refractivity contribution in [3.8, 4) is 0 Å². The number of rotatable bonds is 4. The van der Waals surface area contributed by atoms with Gasteiger partial charge in [0.05, 0.1) is 0 Å². The molecule has 1 fully saturated rings. The van der Waals surface area contributed by atoms with E-state index in [0.29, 0.717) is 4.75 Å². The predicted octanol–water partition coefficient (Wildman–Crippen LogP) is 2.82.